The molecule has 0 bridgehead atoms. The molecule has 1 saturated heterocycles. The van der Waals surface area contributed by atoms with Gasteiger partial charge in [-0.2, -0.15) is 0 Å². The number of rotatable bonds is 2. The van der Waals surface area contributed by atoms with Gasteiger partial charge in [0.1, 0.15) is 11.2 Å². The van der Waals surface area contributed by atoms with Crippen LogP contribution in [0.2, 0.25) is 0 Å². The molecule has 6 aromatic rings. The topological polar surface area (TPSA) is 31.6 Å². The monoisotopic (exact) mass is 470 g/mol. The molecule has 0 spiro atoms. The maximum absolute atomic E-state index is 6.29. The van der Waals surface area contributed by atoms with Crippen molar-refractivity contribution in [1.29, 1.82) is 0 Å². The van der Waals surface area contributed by atoms with Gasteiger partial charge in [0.05, 0.1) is 11.2 Å². The van der Waals surface area contributed by atoms with E-state index in [0.717, 1.165) is 27.4 Å². The summed E-state index contributed by atoms with van der Waals surface area (Å²) in [4.78, 5) is 0. The summed E-state index contributed by atoms with van der Waals surface area (Å²) in [7, 11) is -0.361. The van der Waals surface area contributed by atoms with Gasteiger partial charge in [-0.1, -0.05) is 66.7 Å². The van der Waals surface area contributed by atoms with Gasteiger partial charge in [0, 0.05) is 10.8 Å². The van der Waals surface area contributed by atoms with Crippen molar-refractivity contribution in [1.82, 2.24) is 0 Å². The van der Waals surface area contributed by atoms with Crippen LogP contribution in [0.5, 0.6) is 0 Å². The number of hydrogen-bond donors (Lipinski definition) is 0. The van der Waals surface area contributed by atoms with Gasteiger partial charge in [0.15, 0.2) is 0 Å². The zero-order valence-electron chi connectivity index (χ0n) is 21.0. The van der Waals surface area contributed by atoms with E-state index >= 15 is 0 Å². The Hall–Kier alpha value is -3.60. The standard InChI is InChI=1S/C32H27BO3/c1-31(2)32(3,4)36-33(35-31)25-15-14-22-16-24(13-12-23(22)17-25)26-10-7-11-28-30(26)27-18-20-8-5-6-9-21(20)19-29(27)34-28/h5-19H,1-4H3. The quantitative estimate of drug-likeness (QED) is 0.242. The van der Waals surface area contributed by atoms with Crippen LogP contribution in [-0.2, 0) is 9.31 Å². The van der Waals surface area contributed by atoms with Crippen LogP contribution in [0.3, 0.4) is 0 Å². The van der Waals surface area contributed by atoms with Crippen LogP contribution >= 0.6 is 0 Å². The summed E-state index contributed by atoms with van der Waals surface area (Å²) < 4.78 is 18.8. The molecule has 0 N–H and O–H groups in total. The first kappa shape index (κ1) is 21.7. The molecule has 0 radical (unpaired) electrons. The summed E-state index contributed by atoms with van der Waals surface area (Å²) in [6, 6.07) is 32.3. The highest BCUT2D eigenvalue weighted by molar-refractivity contribution is 6.62. The molecule has 0 atom stereocenters. The Labute approximate surface area is 210 Å². The van der Waals surface area contributed by atoms with Gasteiger partial charge in [-0.3, -0.25) is 0 Å². The van der Waals surface area contributed by atoms with Crippen LogP contribution in [0.15, 0.2) is 95.4 Å². The molecular weight excluding hydrogens is 443 g/mol. The van der Waals surface area contributed by atoms with Gasteiger partial charge < -0.3 is 13.7 Å². The van der Waals surface area contributed by atoms with Crippen LogP contribution in [0.4, 0.5) is 0 Å². The highest BCUT2D eigenvalue weighted by atomic mass is 16.7. The fourth-order valence-corrected chi connectivity index (χ4v) is 5.31. The molecule has 0 aliphatic carbocycles. The van der Waals surface area contributed by atoms with Gasteiger partial charge >= 0.3 is 7.12 Å². The third-order valence-corrected chi connectivity index (χ3v) is 8.06. The average Bonchev–Trinajstić information content (AvgIpc) is 3.33. The van der Waals surface area contributed by atoms with Crippen molar-refractivity contribution in [3.05, 3.63) is 91.0 Å². The third kappa shape index (κ3) is 3.22. The normalized spacial score (nSPS) is 17.1. The van der Waals surface area contributed by atoms with Crippen molar-refractivity contribution in [2.24, 2.45) is 0 Å². The van der Waals surface area contributed by atoms with Crippen LogP contribution in [0.25, 0.3) is 54.6 Å². The van der Waals surface area contributed by atoms with E-state index in [4.69, 9.17) is 13.7 Å². The van der Waals surface area contributed by atoms with E-state index in [0.29, 0.717) is 0 Å². The summed E-state index contributed by atoms with van der Waals surface area (Å²) in [6.45, 7) is 8.35. The van der Waals surface area contributed by atoms with E-state index in [1.54, 1.807) is 0 Å². The molecule has 2 heterocycles. The third-order valence-electron chi connectivity index (χ3n) is 8.06. The minimum Gasteiger partial charge on any atom is -0.456 e. The first-order valence-corrected chi connectivity index (χ1v) is 12.5. The minimum atomic E-state index is -0.361. The molecule has 1 aliphatic heterocycles. The second-order valence-corrected chi connectivity index (χ2v) is 10.9. The molecule has 4 heteroatoms. The predicted molar refractivity (Wildman–Crippen MR) is 150 cm³/mol. The van der Waals surface area contributed by atoms with Crippen LogP contribution in [0.1, 0.15) is 27.7 Å². The van der Waals surface area contributed by atoms with Crippen molar-refractivity contribution in [3.63, 3.8) is 0 Å². The van der Waals surface area contributed by atoms with Gasteiger partial charge in [0.25, 0.3) is 0 Å². The Bertz CT molecular complexity index is 1800. The summed E-state index contributed by atoms with van der Waals surface area (Å²) >= 11 is 0. The van der Waals surface area contributed by atoms with Crippen molar-refractivity contribution in [2.45, 2.75) is 38.9 Å². The van der Waals surface area contributed by atoms with Gasteiger partial charge in [0.2, 0.25) is 0 Å². The van der Waals surface area contributed by atoms with E-state index in [-0.39, 0.29) is 18.3 Å². The van der Waals surface area contributed by atoms with E-state index < -0.39 is 0 Å². The van der Waals surface area contributed by atoms with Crippen LogP contribution < -0.4 is 5.46 Å². The molecule has 3 nitrogen and oxygen atoms in total. The summed E-state index contributed by atoms with van der Waals surface area (Å²) in [5.74, 6) is 0. The molecule has 7 rings (SSSR count). The van der Waals surface area contributed by atoms with E-state index in [9.17, 15) is 0 Å². The molecule has 0 saturated carbocycles. The molecule has 0 amide bonds. The van der Waals surface area contributed by atoms with Crippen molar-refractivity contribution < 1.29 is 13.7 Å². The smallest absolute Gasteiger partial charge is 0.456 e. The number of hydrogen-bond acceptors (Lipinski definition) is 3. The van der Waals surface area contributed by atoms with Gasteiger partial charge in [-0.05, 0) is 90.1 Å². The lowest BCUT2D eigenvalue weighted by molar-refractivity contribution is 0.00578. The molecule has 1 aromatic heterocycles. The average molecular weight is 470 g/mol. The lowest BCUT2D eigenvalue weighted by Gasteiger charge is -2.32. The molecular formula is C32H27BO3. The number of furan rings is 1. The predicted octanol–water partition coefficient (Wildman–Crippen LogP) is 7.86. The molecule has 176 valence electrons. The first-order chi connectivity index (χ1) is 17.3. The highest BCUT2D eigenvalue weighted by Crippen LogP contribution is 2.39. The molecule has 0 unspecified atom stereocenters. The fourth-order valence-electron chi connectivity index (χ4n) is 5.31. The number of benzene rings is 5. The maximum atomic E-state index is 6.29. The first-order valence-electron chi connectivity index (χ1n) is 12.5. The van der Waals surface area contributed by atoms with Gasteiger partial charge in [-0.15, -0.1) is 0 Å². The zero-order valence-corrected chi connectivity index (χ0v) is 21.0. The van der Waals surface area contributed by atoms with Crippen molar-refractivity contribution >= 4 is 56.1 Å². The van der Waals surface area contributed by atoms with Crippen LogP contribution in [0, 0.1) is 0 Å². The lowest BCUT2D eigenvalue weighted by Crippen LogP contribution is -2.41. The highest BCUT2D eigenvalue weighted by Gasteiger charge is 2.51. The Kier molecular flexibility index (Phi) is 4.49. The van der Waals surface area contributed by atoms with Crippen molar-refractivity contribution in [2.75, 3.05) is 0 Å². The van der Waals surface area contributed by atoms with E-state index in [1.807, 2.05) is 0 Å². The minimum absolute atomic E-state index is 0.353. The SMILES string of the molecule is CC1(C)OB(c2ccc3cc(-c4cccc5oc6cc7ccccc7cc6c45)ccc3c2)OC1(C)C. The molecule has 1 fully saturated rings. The Balaban J connectivity index is 1.34. The Morgan fingerprint density at radius 2 is 1.25 bits per heavy atom. The van der Waals surface area contributed by atoms with Crippen molar-refractivity contribution in [3.8, 4) is 11.1 Å². The second kappa shape index (κ2) is 7.46. The molecule has 1 aliphatic rings. The zero-order chi connectivity index (χ0) is 24.7. The van der Waals surface area contributed by atoms with Gasteiger partial charge in [-0.25, -0.2) is 0 Å². The molecule has 36 heavy (non-hydrogen) atoms. The maximum Gasteiger partial charge on any atom is 0.494 e. The fraction of sp³-hybridized carbons (Fsp3) is 0.188. The second-order valence-electron chi connectivity index (χ2n) is 10.9. The summed E-state index contributed by atoms with van der Waals surface area (Å²) in [6.07, 6.45) is 0. The summed E-state index contributed by atoms with van der Waals surface area (Å²) in [5.41, 5.74) is 4.52. The van der Waals surface area contributed by atoms with E-state index in [1.165, 1.54) is 32.7 Å². The van der Waals surface area contributed by atoms with E-state index in [2.05, 4.69) is 119 Å². The summed E-state index contributed by atoms with van der Waals surface area (Å²) in [5, 5.41) is 7.07. The molecule has 5 aromatic carbocycles. The Morgan fingerprint density at radius 1 is 0.583 bits per heavy atom. The lowest BCUT2D eigenvalue weighted by atomic mass is 9.78. The van der Waals surface area contributed by atoms with Crippen LogP contribution in [-0.4, -0.2) is 18.3 Å². The largest absolute Gasteiger partial charge is 0.494 e. The number of fused-ring (bicyclic) bond motifs is 5. The Morgan fingerprint density at radius 3 is 2.03 bits per heavy atom.